The minimum atomic E-state index is -0.477. The van der Waals surface area contributed by atoms with E-state index in [0.29, 0.717) is 6.61 Å². The maximum atomic E-state index is 10.2. The van der Waals surface area contributed by atoms with Gasteiger partial charge in [-0.25, -0.2) is 0 Å². The summed E-state index contributed by atoms with van der Waals surface area (Å²) in [5, 5.41) is 8.33. The van der Waals surface area contributed by atoms with Crippen LogP contribution in [0.2, 0.25) is 0 Å². The second kappa shape index (κ2) is 7.97. The Morgan fingerprint density at radius 1 is 1.42 bits per heavy atom. The van der Waals surface area contributed by atoms with Crippen molar-refractivity contribution in [3.05, 3.63) is 24.3 Å². The predicted octanol–water partition coefficient (Wildman–Crippen LogP) is -0.407. The standard InChI is InChI=1S/C8H13NO3/c9-8(11)7-12-6-4-2-1-3-5-10/h1-4,10H,5-7H2,(H2,9,11)/b3-1+,4-2+. The van der Waals surface area contributed by atoms with Gasteiger partial charge in [0, 0.05) is 0 Å². The van der Waals surface area contributed by atoms with Gasteiger partial charge in [0.25, 0.3) is 0 Å². The van der Waals surface area contributed by atoms with Gasteiger partial charge in [0.1, 0.15) is 6.61 Å². The van der Waals surface area contributed by atoms with Crippen LogP contribution in [-0.2, 0) is 9.53 Å². The highest BCUT2D eigenvalue weighted by Crippen LogP contribution is 1.79. The number of carbonyl (C=O) groups excluding carboxylic acids is 1. The van der Waals surface area contributed by atoms with E-state index in [1.54, 1.807) is 24.3 Å². The molecule has 0 aliphatic heterocycles. The fourth-order valence-electron chi connectivity index (χ4n) is 0.501. The van der Waals surface area contributed by atoms with Gasteiger partial charge in [-0.05, 0) is 0 Å². The summed E-state index contributed by atoms with van der Waals surface area (Å²) in [5.41, 5.74) is 4.82. The maximum Gasteiger partial charge on any atom is 0.243 e. The third kappa shape index (κ3) is 8.87. The van der Waals surface area contributed by atoms with Crippen molar-refractivity contribution >= 4 is 5.91 Å². The number of hydrogen-bond acceptors (Lipinski definition) is 3. The molecule has 3 N–H and O–H groups in total. The van der Waals surface area contributed by atoms with Crippen LogP contribution in [0.5, 0.6) is 0 Å². The Morgan fingerprint density at radius 3 is 2.67 bits per heavy atom. The SMILES string of the molecule is NC(=O)COC/C=C/C=C/CO. The van der Waals surface area contributed by atoms with Gasteiger partial charge in [-0.3, -0.25) is 4.79 Å². The molecule has 0 radical (unpaired) electrons. The summed E-state index contributed by atoms with van der Waals surface area (Å²) in [5.74, 6) is -0.477. The van der Waals surface area contributed by atoms with Crippen molar-refractivity contribution in [1.29, 1.82) is 0 Å². The molecule has 0 saturated carbocycles. The molecule has 0 aromatic heterocycles. The van der Waals surface area contributed by atoms with Crippen molar-refractivity contribution in [2.24, 2.45) is 5.73 Å². The van der Waals surface area contributed by atoms with Gasteiger partial charge in [-0.2, -0.15) is 0 Å². The molecule has 4 heteroatoms. The number of amides is 1. The van der Waals surface area contributed by atoms with Gasteiger partial charge in [-0.15, -0.1) is 0 Å². The fourth-order valence-corrected chi connectivity index (χ4v) is 0.501. The lowest BCUT2D eigenvalue weighted by atomic mass is 10.4. The molecule has 12 heavy (non-hydrogen) atoms. The van der Waals surface area contributed by atoms with Crippen molar-refractivity contribution in [3.8, 4) is 0 Å². The van der Waals surface area contributed by atoms with Crippen molar-refractivity contribution in [2.45, 2.75) is 0 Å². The summed E-state index contributed by atoms with van der Waals surface area (Å²) < 4.78 is 4.82. The maximum absolute atomic E-state index is 10.2. The second-order valence-corrected chi connectivity index (χ2v) is 2.02. The second-order valence-electron chi connectivity index (χ2n) is 2.02. The largest absolute Gasteiger partial charge is 0.392 e. The summed E-state index contributed by atoms with van der Waals surface area (Å²) in [4.78, 5) is 10.2. The molecule has 1 amide bonds. The lowest BCUT2D eigenvalue weighted by molar-refractivity contribution is -0.122. The number of rotatable bonds is 6. The van der Waals surface area contributed by atoms with Crippen LogP contribution in [0.1, 0.15) is 0 Å². The van der Waals surface area contributed by atoms with E-state index in [-0.39, 0.29) is 13.2 Å². The minimum absolute atomic E-state index is 0.0203. The predicted molar refractivity (Wildman–Crippen MR) is 45.4 cm³/mol. The number of allylic oxidation sites excluding steroid dienone is 2. The summed E-state index contributed by atoms with van der Waals surface area (Å²) in [7, 11) is 0. The number of primary amides is 1. The molecule has 0 aliphatic carbocycles. The fraction of sp³-hybridized carbons (Fsp3) is 0.375. The average molecular weight is 171 g/mol. The molecular weight excluding hydrogens is 158 g/mol. The van der Waals surface area contributed by atoms with E-state index in [0.717, 1.165) is 0 Å². The highest BCUT2D eigenvalue weighted by Gasteiger charge is 1.89. The Bertz CT molecular complexity index is 175. The summed E-state index contributed by atoms with van der Waals surface area (Å²) >= 11 is 0. The quantitative estimate of drug-likeness (QED) is 0.421. The number of hydrogen-bond donors (Lipinski definition) is 2. The van der Waals surface area contributed by atoms with Gasteiger partial charge in [0.15, 0.2) is 0 Å². The van der Waals surface area contributed by atoms with Crippen molar-refractivity contribution in [3.63, 3.8) is 0 Å². The monoisotopic (exact) mass is 171 g/mol. The van der Waals surface area contributed by atoms with E-state index in [2.05, 4.69) is 0 Å². The summed E-state index contributed by atoms with van der Waals surface area (Å²) in [6.45, 7) is 0.305. The molecule has 0 heterocycles. The van der Waals surface area contributed by atoms with Crippen LogP contribution in [-0.4, -0.2) is 30.8 Å². The molecule has 0 aromatic carbocycles. The van der Waals surface area contributed by atoms with Crippen molar-refractivity contribution < 1.29 is 14.6 Å². The van der Waals surface area contributed by atoms with Crippen LogP contribution >= 0.6 is 0 Å². The molecule has 0 unspecified atom stereocenters. The van der Waals surface area contributed by atoms with Gasteiger partial charge in [-0.1, -0.05) is 24.3 Å². The lowest BCUT2D eigenvalue weighted by Crippen LogP contribution is -2.17. The average Bonchev–Trinajstić information content (AvgIpc) is 2.02. The van der Waals surface area contributed by atoms with Gasteiger partial charge < -0.3 is 15.6 Å². The highest BCUT2D eigenvalue weighted by atomic mass is 16.5. The van der Waals surface area contributed by atoms with E-state index in [9.17, 15) is 4.79 Å². The van der Waals surface area contributed by atoms with Crippen LogP contribution in [0, 0.1) is 0 Å². The third-order valence-corrected chi connectivity index (χ3v) is 0.947. The van der Waals surface area contributed by atoms with Crippen LogP contribution in [0.3, 0.4) is 0 Å². The molecule has 0 spiro atoms. The summed E-state index contributed by atoms with van der Waals surface area (Å²) in [6.07, 6.45) is 6.71. The molecule has 0 atom stereocenters. The molecule has 0 bridgehead atoms. The van der Waals surface area contributed by atoms with Crippen molar-refractivity contribution in [2.75, 3.05) is 19.8 Å². The highest BCUT2D eigenvalue weighted by molar-refractivity contribution is 5.74. The van der Waals surface area contributed by atoms with Crippen LogP contribution in [0.15, 0.2) is 24.3 Å². The zero-order chi connectivity index (χ0) is 9.23. The number of nitrogens with two attached hydrogens (primary N) is 1. The molecule has 0 aliphatic rings. The van der Waals surface area contributed by atoms with E-state index in [1.165, 1.54) is 0 Å². The molecule has 0 rings (SSSR count). The van der Waals surface area contributed by atoms with Crippen LogP contribution in [0.4, 0.5) is 0 Å². The normalized spacial score (nSPS) is 11.4. The molecule has 0 aromatic rings. The number of aliphatic hydroxyl groups is 1. The first-order chi connectivity index (χ1) is 5.77. The molecule has 0 saturated heterocycles. The van der Waals surface area contributed by atoms with E-state index in [4.69, 9.17) is 15.6 Å². The molecular formula is C8H13NO3. The van der Waals surface area contributed by atoms with Gasteiger partial charge >= 0.3 is 0 Å². The Labute approximate surface area is 71.3 Å². The Morgan fingerprint density at radius 2 is 2.08 bits per heavy atom. The number of ether oxygens (including phenoxy) is 1. The first-order valence-electron chi connectivity index (χ1n) is 3.56. The summed E-state index contributed by atoms with van der Waals surface area (Å²) in [6, 6.07) is 0. The number of carbonyl (C=O) groups is 1. The zero-order valence-electron chi connectivity index (χ0n) is 6.77. The van der Waals surface area contributed by atoms with Gasteiger partial charge in [0.05, 0.1) is 13.2 Å². The van der Waals surface area contributed by atoms with Crippen LogP contribution in [0.25, 0.3) is 0 Å². The third-order valence-electron chi connectivity index (χ3n) is 0.947. The van der Waals surface area contributed by atoms with E-state index in [1.807, 2.05) is 0 Å². The van der Waals surface area contributed by atoms with Gasteiger partial charge in [0.2, 0.25) is 5.91 Å². The first-order valence-corrected chi connectivity index (χ1v) is 3.56. The van der Waals surface area contributed by atoms with E-state index >= 15 is 0 Å². The minimum Gasteiger partial charge on any atom is -0.392 e. The Hall–Kier alpha value is -1.13. The Balaban J connectivity index is 3.24. The molecule has 68 valence electrons. The Kier molecular flexibility index (Phi) is 7.22. The van der Waals surface area contributed by atoms with E-state index < -0.39 is 5.91 Å². The topological polar surface area (TPSA) is 72.6 Å². The smallest absolute Gasteiger partial charge is 0.243 e. The molecule has 4 nitrogen and oxygen atoms in total. The number of aliphatic hydroxyl groups excluding tert-OH is 1. The first kappa shape index (κ1) is 10.9. The van der Waals surface area contributed by atoms with Crippen molar-refractivity contribution in [1.82, 2.24) is 0 Å². The zero-order valence-corrected chi connectivity index (χ0v) is 6.77. The molecule has 0 fully saturated rings. The lowest BCUT2D eigenvalue weighted by Gasteiger charge is -1.93. The van der Waals surface area contributed by atoms with Crippen LogP contribution < -0.4 is 5.73 Å².